The molecule has 21 N–H and O–H groups in total. The zero-order valence-corrected chi connectivity index (χ0v) is 53.1. The largest absolute Gasteiger partial charge is 0.481 e. The van der Waals surface area contributed by atoms with Gasteiger partial charge in [-0.05, 0) is 80.4 Å². The van der Waals surface area contributed by atoms with Gasteiger partial charge in [-0.25, -0.2) is 4.79 Å². The molecule has 1 saturated heterocycles. The lowest BCUT2D eigenvalue weighted by molar-refractivity contribution is -0.144. The van der Waals surface area contributed by atoms with Crippen LogP contribution in [0.1, 0.15) is 103 Å². The smallest absolute Gasteiger partial charge is 0.326 e. The van der Waals surface area contributed by atoms with Gasteiger partial charge in [0.05, 0.1) is 18.6 Å². The lowest BCUT2D eigenvalue weighted by Crippen LogP contribution is -2.62. The van der Waals surface area contributed by atoms with Crippen molar-refractivity contribution < 1.29 is 68.1 Å². The van der Waals surface area contributed by atoms with Crippen LogP contribution in [0.2, 0.25) is 0 Å². The highest BCUT2D eigenvalue weighted by atomic mass is 16.4. The number of guanidine groups is 2. The molecule has 1 aliphatic rings. The number of nitrogens with one attached hydrogen (secondary N) is 8. The van der Waals surface area contributed by atoms with Crippen LogP contribution in [-0.2, 0) is 72.0 Å². The highest BCUT2D eigenvalue weighted by Gasteiger charge is 2.41. The van der Waals surface area contributed by atoms with Crippen LogP contribution in [0.5, 0.6) is 0 Å². The molecular weight excluding hydrogens is 1200 g/mol. The van der Waals surface area contributed by atoms with Gasteiger partial charge in [0, 0.05) is 38.9 Å². The molecule has 508 valence electrons. The van der Waals surface area contributed by atoms with Crippen LogP contribution in [0.25, 0.3) is 0 Å². The maximum absolute atomic E-state index is 14.7. The summed E-state index contributed by atoms with van der Waals surface area (Å²) in [4.78, 5) is 162. The number of nitrogens with two attached hydrogens (primary N) is 5. The Balaban J connectivity index is 1.61. The van der Waals surface area contributed by atoms with E-state index in [1.54, 1.807) is 105 Å². The van der Waals surface area contributed by atoms with Gasteiger partial charge in [0.25, 0.3) is 0 Å². The Kier molecular flexibility index (Phi) is 31.1. The van der Waals surface area contributed by atoms with Crippen LogP contribution < -0.4 is 71.2 Å². The minimum Gasteiger partial charge on any atom is -0.481 e. The highest BCUT2D eigenvalue weighted by Crippen LogP contribution is 2.22. The van der Waals surface area contributed by atoms with Crippen molar-refractivity contribution in [1.82, 2.24) is 47.4 Å². The van der Waals surface area contributed by atoms with Gasteiger partial charge in [-0.15, -0.1) is 0 Å². The second-order valence-corrected chi connectivity index (χ2v) is 23.7. The summed E-state index contributed by atoms with van der Waals surface area (Å²) in [6.45, 7) is 8.21. The fourth-order valence-electron chi connectivity index (χ4n) is 10.2. The number of hydrogen-bond donors (Lipinski definition) is 16. The van der Waals surface area contributed by atoms with Gasteiger partial charge in [-0.1, -0.05) is 119 Å². The average Bonchev–Trinajstić information content (AvgIpc) is 1.80. The van der Waals surface area contributed by atoms with Crippen molar-refractivity contribution in [3.05, 3.63) is 108 Å². The monoisotopic (exact) mass is 1300 g/mol. The lowest BCUT2D eigenvalue weighted by Gasteiger charge is -2.31. The number of aliphatic hydroxyl groups is 1. The summed E-state index contributed by atoms with van der Waals surface area (Å²) in [5.41, 5.74) is 29.6. The number of carbonyl (C=O) groups is 11. The zero-order valence-electron chi connectivity index (χ0n) is 53.1. The van der Waals surface area contributed by atoms with Gasteiger partial charge in [0.1, 0.15) is 54.4 Å². The highest BCUT2D eigenvalue weighted by molar-refractivity contribution is 6.00. The lowest BCUT2D eigenvalue weighted by atomic mass is 10.00. The number of carbonyl (C=O) groups excluding carboxylic acids is 9. The first-order chi connectivity index (χ1) is 44.0. The Morgan fingerprint density at radius 1 is 0.516 bits per heavy atom. The molecule has 30 heteroatoms. The third-order valence-corrected chi connectivity index (χ3v) is 15.1. The molecule has 0 spiro atoms. The number of hydrogen-bond acceptors (Lipinski definition) is 15. The van der Waals surface area contributed by atoms with E-state index in [0.29, 0.717) is 29.5 Å². The van der Waals surface area contributed by atoms with E-state index in [1.807, 2.05) is 13.8 Å². The molecule has 3 aromatic rings. The summed E-state index contributed by atoms with van der Waals surface area (Å²) < 4.78 is 0. The first kappa shape index (κ1) is 75.7. The number of carboxylic acid groups (broad SMARTS) is 2. The van der Waals surface area contributed by atoms with E-state index < -0.39 is 144 Å². The van der Waals surface area contributed by atoms with Gasteiger partial charge in [-0.2, -0.15) is 0 Å². The zero-order chi connectivity index (χ0) is 68.9. The van der Waals surface area contributed by atoms with Crippen LogP contribution in [0.15, 0.2) is 101 Å². The summed E-state index contributed by atoms with van der Waals surface area (Å²) in [5.74, 6) is -12.1. The SMILES string of the molecule is CC(C)C[C@H](NC(=O)[C@H](Cc1ccccc1)NC(=O)[C@@H](N)CCCN=C(N)N)C(=O)N1CCC[C@H]1C(=O)N[C@@H](CC(=O)O)C(=O)N[C@@H](Cc1ccccc1)C(=O)N[C@@H](Cc1ccccc1)C(=O)N[C@H](C(=O)N[C@@H](CCCN=C(N)N)C(=O)N[C@H](C(=O)O)C(C)C)[C@@H](C)O. The molecule has 1 aliphatic heterocycles. The Morgan fingerprint density at radius 2 is 0.925 bits per heavy atom. The van der Waals surface area contributed by atoms with E-state index >= 15 is 0 Å². The van der Waals surface area contributed by atoms with E-state index in [4.69, 9.17) is 28.7 Å². The molecule has 1 fully saturated rings. The molecule has 0 aromatic heterocycles. The molecule has 0 unspecified atom stereocenters. The quantitative estimate of drug-likeness (QED) is 0.0162. The predicted molar refractivity (Wildman–Crippen MR) is 344 cm³/mol. The first-order valence-electron chi connectivity index (χ1n) is 30.9. The van der Waals surface area contributed by atoms with E-state index in [9.17, 15) is 68.1 Å². The van der Waals surface area contributed by atoms with Gasteiger partial charge in [0.2, 0.25) is 53.2 Å². The van der Waals surface area contributed by atoms with Crippen LogP contribution in [-0.4, -0.2) is 183 Å². The van der Waals surface area contributed by atoms with Crippen molar-refractivity contribution in [2.75, 3.05) is 19.6 Å². The van der Waals surface area contributed by atoms with E-state index in [0.717, 1.165) is 0 Å². The minimum atomic E-state index is -1.86. The standard InChI is InChI=1S/C63H92N16O14/c1-35(2)30-47(76-55(86)43(31-38-18-9-6-10-19-38)72-52(83)41(64)24-15-27-69-62(65)66)60(91)79-29-17-26-48(79)58(89)75-46(34-49(81)82)56(87)73-44(32-39-20-11-7-12-21-39)54(85)74-45(33-40-22-13-8-14-23-40)57(88)78-51(37(5)80)59(90)71-42(25-16-28-70-63(67)68)53(84)77-50(36(3)4)61(92)93/h6-14,18-23,35-37,41-48,50-51,80H,15-17,24-34,64H2,1-5H3,(H,71,90)(H,72,83)(H,73,87)(H,74,85)(H,75,89)(H,76,86)(H,77,84)(H,78,88)(H,81,82)(H,92,93)(H4,65,66,69)(H4,67,68,70)/t37-,41+,42+,43+,44+,45+,46+,47+,48+,50+,51+/m1/s1. The Hall–Kier alpha value is -9.71. The molecule has 0 bridgehead atoms. The van der Waals surface area contributed by atoms with Crippen molar-refractivity contribution in [3.8, 4) is 0 Å². The first-order valence-corrected chi connectivity index (χ1v) is 30.9. The number of aliphatic imine (C=N–C) groups is 2. The summed E-state index contributed by atoms with van der Waals surface area (Å²) >= 11 is 0. The van der Waals surface area contributed by atoms with Gasteiger partial charge in [-0.3, -0.25) is 57.9 Å². The third-order valence-electron chi connectivity index (χ3n) is 15.1. The number of rotatable bonds is 38. The normalized spacial score (nSPS) is 16.0. The van der Waals surface area contributed by atoms with Crippen LogP contribution in [0.3, 0.4) is 0 Å². The van der Waals surface area contributed by atoms with Crippen molar-refractivity contribution in [1.29, 1.82) is 0 Å². The third kappa shape index (κ3) is 26.2. The fraction of sp³-hybridized carbons (Fsp3) is 0.508. The maximum atomic E-state index is 14.7. The molecule has 93 heavy (non-hydrogen) atoms. The fourth-order valence-corrected chi connectivity index (χ4v) is 10.2. The molecule has 1 heterocycles. The Morgan fingerprint density at radius 3 is 1.35 bits per heavy atom. The molecule has 4 rings (SSSR count). The number of likely N-dealkylation sites (tertiary alicyclic amines) is 1. The number of aliphatic carboxylic acids is 2. The molecule has 0 aliphatic carbocycles. The van der Waals surface area contributed by atoms with Crippen molar-refractivity contribution >= 4 is 77.0 Å². The van der Waals surface area contributed by atoms with Crippen LogP contribution in [0, 0.1) is 11.8 Å². The summed E-state index contributed by atoms with van der Waals surface area (Å²) in [6.07, 6.45) is -2.14. The second kappa shape index (κ2) is 38.2. The van der Waals surface area contributed by atoms with Gasteiger partial charge >= 0.3 is 11.9 Å². The number of aliphatic hydroxyl groups excluding tert-OH is 1. The van der Waals surface area contributed by atoms with E-state index in [-0.39, 0.29) is 88.8 Å². The maximum Gasteiger partial charge on any atom is 0.326 e. The van der Waals surface area contributed by atoms with E-state index in [1.165, 1.54) is 11.8 Å². The Labute approximate surface area is 540 Å². The predicted octanol–water partition coefficient (Wildman–Crippen LogP) is -2.34. The molecule has 9 amide bonds. The van der Waals surface area contributed by atoms with Gasteiger partial charge in [0.15, 0.2) is 11.9 Å². The summed E-state index contributed by atoms with van der Waals surface area (Å²) in [7, 11) is 0. The molecular formula is C63H92N16O14. The molecule has 0 radical (unpaired) electrons. The van der Waals surface area contributed by atoms with Crippen molar-refractivity contribution in [2.24, 2.45) is 50.5 Å². The average molecular weight is 1300 g/mol. The molecule has 0 saturated carbocycles. The number of carboxylic acids is 2. The summed E-state index contributed by atoms with van der Waals surface area (Å²) in [6, 6.07) is 11.0. The van der Waals surface area contributed by atoms with Crippen LogP contribution >= 0.6 is 0 Å². The molecule has 30 nitrogen and oxygen atoms in total. The van der Waals surface area contributed by atoms with Crippen LogP contribution in [0.4, 0.5) is 0 Å². The van der Waals surface area contributed by atoms with Crippen molar-refractivity contribution in [3.63, 3.8) is 0 Å². The summed E-state index contributed by atoms with van der Waals surface area (Å²) in [5, 5.41) is 51.5. The number of nitrogens with zero attached hydrogens (tertiary/aromatic N) is 3. The second-order valence-electron chi connectivity index (χ2n) is 23.7. The minimum absolute atomic E-state index is 0.0147. The van der Waals surface area contributed by atoms with Gasteiger partial charge < -0.3 is 91.4 Å². The van der Waals surface area contributed by atoms with Crippen molar-refractivity contribution in [2.45, 2.75) is 172 Å². The van der Waals surface area contributed by atoms with E-state index in [2.05, 4.69) is 52.5 Å². The molecule has 11 atom stereocenters. The number of amides is 9. The Bertz CT molecular complexity index is 3060. The molecule has 3 aromatic carbocycles. The number of benzene rings is 3. The topological polar surface area (TPSA) is 503 Å².